The van der Waals surface area contributed by atoms with Gasteiger partial charge < -0.3 is 5.32 Å². The summed E-state index contributed by atoms with van der Waals surface area (Å²) >= 11 is 1.21. The summed E-state index contributed by atoms with van der Waals surface area (Å²) in [6.45, 7) is 2.10. The molecule has 2 aromatic rings. The molecule has 1 saturated heterocycles. The normalized spacial score (nSPS) is 17.0. The second-order valence-electron chi connectivity index (χ2n) is 6.02. The molecule has 3 rings (SSSR count). The SMILES string of the molecule is O=C(CN1CCCN(S(=O)(=O)c2cccs2)CC1)Nc1ccc(F)cc1. The average molecular weight is 397 g/mol. The fourth-order valence-electron chi connectivity index (χ4n) is 2.82. The van der Waals surface area contributed by atoms with Crippen LogP contribution in [0.1, 0.15) is 6.42 Å². The van der Waals surface area contributed by atoms with Gasteiger partial charge in [-0.25, -0.2) is 12.8 Å². The van der Waals surface area contributed by atoms with E-state index in [1.807, 2.05) is 4.90 Å². The number of nitrogens with zero attached hydrogens (tertiary/aromatic N) is 2. The number of nitrogens with one attached hydrogen (secondary N) is 1. The van der Waals surface area contributed by atoms with Gasteiger partial charge in [-0.2, -0.15) is 4.31 Å². The van der Waals surface area contributed by atoms with Gasteiger partial charge in [0.2, 0.25) is 5.91 Å². The summed E-state index contributed by atoms with van der Waals surface area (Å²) in [6, 6.07) is 8.92. The molecule has 0 atom stereocenters. The van der Waals surface area contributed by atoms with Crippen molar-refractivity contribution in [3.8, 4) is 0 Å². The molecular formula is C17H20FN3O3S2. The quantitative estimate of drug-likeness (QED) is 0.840. The summed E-state index contributed by atoms with van der Waals surface area (Å²) < 4.78 is 39.9. The molecule has 1 aliphatic heterocycles. The highest BCUT2D eigenvalue weighted by molar-refractivity contribution is 7.91. The van der Waals surface area contributed by atoms with Crippen LogP contribution in [0.25, 0.3) is 0 Å². The lowest BCUT2D eigenvalue weighted by Gasteiger charge is -2.21. The minimum atomic E-state index is -3.46. The summed E-state index contributed by atoms with van der Waals surface area (Å²) in [5.74, 6) is -0.561. The molecule has 1 fully saturated rings. The average Bonchev–Trinajstić information content (AvgIpc) is 3.05. The number of carbonyl (C=O) groups excluding carboxylic acids is 1. The van der Waals surface area contributed by atoms with E-state index in [4.69, 9.17) is 0 Å². The van der Waals surface area contributed by atoms with Gasteiger partial charge in [-0.3, -0.25) is 9.69 Å². The first-order chi connectivity index (χ1) is 12.4. The summed E-state index contributed by atoms with van der Waals surface area (Å²) in [7, 11) is -3.46. The smallest absolute Gasteiger partial charge is 0.252 e. The van der Waals surface area contributed by atoms with Crippen molar-refractivity contribution in [2.24, 2.45) is 0 Å². The molecule has 140 valence electrons. The highest BCUT2D eigenvalue weighted by Gasteiger charge is 2.28. The molecular weight excluding hydrogens is 377 g/mol. The fraction of sp³-hybridized carbons (Fsp3) is 0.353. The van der Waals surface area contributed by atoms with Crippen molar-refractivity contribution in [3.63, 3.8) is 0 Å². The highest BCUT2D eigenvalue weighted by Crippen LogP contribution is 2.22. The van der Waals surface area contributed by atoms with Crippen LogP contribution in [0.15, 0.2) is 46.0 Å². The number of benzene rings is 1. The van der Waals surface area contributed by atoms with Gasteiger partial charge in [0.1, 0.15) is 10.0 Å². The summed E-state index contributed by atoms with van der Waals surface area (Å²) in [4.78, 5) is 14.1. The molecule has 9 heteroatoms. The maximum absolute atomic E-state index is 12.9. The minimum absolute atomic E-state index is 0.171. The number of hydrogen-bond acceptors (Lipinski definition) is 5. The Morgan fingerprint density at radius 2 is 1.88 bits per heavy atom. The molecule has 0 unspecified atom stereocenters. The Labute approximate surface area is 156 Å². The van der Waals surface area contributed by atoms with Crippen molar-refractivity contribution in [2.45, 2.75) is 10.6 Å². The maximum Gasteiger partial charge on any atom is 0.252 e. The maximum atomic E-state index is 12.9. The van der Waals surface area contributed by atoms with Crippen LogP contribution in [-0.2, 0) is 14.8 Å². The molecule has 0 aliphatic carbocycles. The zero-order valence-corrected chi connectivity index (χ0v) is 15.7. The lowest BCUT2D eigenvalue weighted by molar-refractivity contribution is -0.117. The van der Waals surface area contributed by atoms with E-state index in [0.29, 0.717) is 42.5 Å². The van der Waals surface area contributed by atoms with Gasteiger partial charge in [-0.05, 0) is 48.7 Å². The number of sulfonamides is 1. The fourth-order valence-corrected chi connectivity index (χ4v) is 5.43. The van der Waals surface area contributed by atoms with Crippen LogP contribution in [-0.4, -0.2) is 56.3 Å². The van der Waals surface area contributed by atoms with Crippen LogP contribution in [0, 0.1) is 5.82 Å². The molecule has 2 heterocycles. The Morgan fingerprint density at radius 3 is 2.58 bits per heavy atom. The Morgan fingerprint density at radius 1 is 1.12 bits per heavy atom. The number of amides is 1. The molecule has 0 bridgehead atoms. The van der Waals surface area contributed by atoms with Crippen molar-refractivity contribution in [1.82, 2.24) is 9.21 Å². The monoisotopic (exact) mass is 397 g/mol. The zero-order chi connectivity index (χ0) is 18.6. The van der Waals surface area contributed by atoms with Crippen LogP contribution in [0.2, 0.25) is 0 Å². The van der Waals surface area contributed by atoms with Crippen molar-refractivity contribution in [3.05, 3.63) is 47.6 Å². The van der Waals surface area contributed by atoms with Crippen LogP contribution >= 0.6 is 11.3 Å². The van der Waals surface area contributed by atoms with Gasteiger partial charge in [0, 0.05) is 25.3 Å². The van der Waals surface area contributed by atoms with Crippen molar-refractivity contribution in [2.75, 3.05) is 38.0 Å². The predicted octanol–water partition coefficient (Wildman–Crippen LogP) is 2.22. The lowest BCUT2D eigenvalue weighted by atomic mass is 10.3. The number of carbonyl (C=O) groups is 1. The number of hydrogen-bond donors (Lipinski definition) is 1. The summed E-state index contributed by atoms with van der Waals surface area (Å²) in [5, 5.41) is 4.47. The third-order valence-corrected chi connectivity index (χ3v) is 7.40. The summed E-state index contributed by atoms with van der Waals surface area (Å²) in [6.07, 6.45) is 0.661. The third kappa shape index (κ3) is 4.67. The van der Waals surface area contributed by atoms with Crippen LogP contribution in [0.5, 0.6) is 0 Å². The van der Waals surface area contributed by atoms with Gasteiger partial charge in [0.25, 0.3) is 10.0 Å². The van der Waals surface area contributed by atoms with E-state index in [0.717, 1.165) is 0 Å². The second kappa shape index (κ2) is 8.26. The molecule has 0 saturated carbocycles. The van der Waals surface area contributed by atoms with Gasteiger partial charge >= 0.3 is 0 Å². The standard InChI is InChI=1S/C17H20FN3O3S2/c18-14-4-6-15(7-5-14)19-16(22)13-20-8-2-9-21(11-10-20)26(23,24)17-3-1-12-25-17/h1,3-7,12H,2,8-11,13H2,(H,19,22). The molecule has 6 nitrogen and oxygen atoms in total. The molecule has 1 aromatic heterocycles. The number of halogens is 1. The number of anilines is 1. The van der Waals surface area contributed by atoms with E-state index >= 15 is 0 Å². The van der Waals surface area contributed by atoms with E-state index in [2.05, 4.69) is 5.32 Å². The van der Waals surface area contributed by atoms with Crippen LogP contribution in [0.4, 0.5) is 10.1 Å². The van der Waals surface area contributed by atoms with Crippen LogP contribution < -0.4 is 5.32 Å². The Hall–Kier alpha value is -1.81. The van der Waals surface area contributed by atoms with E-state index in [1.165, 1.54) is 39.9 Å². The first-order valence-corrected chi connectivity index (χ1v) is 10.6. The molecule has 1 aromatic carbocycles. The number of thiophene rings is 1. The van der Waals surface area contributed by atoms with Gasteiger partial charge in [0.05, 0.1) is 6.54 Å². The molecule has 0 spiro atoms. The van der Waals surface area contributed by atoms with E-state index in [9.17, 15) is 17.6 Å². The first-order valence-electron chi connectivity index (χ1n) is 8.26. The van der Waals surface area contributed by atoms with E-state index in [1.54, 1.807) is 17.5 Å². The Bertz CT molecular complexity index is 839. The topological polar surface area (TPSA) is 69.7 Å². The summed E-state index contributed by atoms with van der Waals surface area (Å²) in [5.41, 5.74) is 0.535. The third-order valence-electron chi connectivity index (χ3n) is 4.13. The van der Waals surface area contributed by atoms with Gasteiger partial charge in [0.15, 0.2) is 0 Å². The first kappa shape index (κ1) is 19.0. The van der Waals surface area contributed by atoms with Gasteiger partial charge in [-0.15, -0.1) is 11.3 Å². The number of rotatable bonds is 5. The molecule has 1 amide bonds. The van der Waals surface area contributed by atoms with E-state index in [-0.39, 0.29) is 18.3 Å². The van der Waals surface area contributed by atoms with Gasteiger partial charge in [-0.1, -0.05) is 6.07 Å². The highest BCUT2D eigenvalue weighted by atomic mass is 32.2. The van der Waals surface area contributed by atoms with Crippen molar-refractivity contribution >= 4 is 33.0 Å². The molecule has 1 aliphatic rings. The second-order valence-corrected chi connectivity index (χ2v) is 9.13. The zero-order valence-electron chi connectivity index (χ0n) is 14.1. The largest absolute Gasteiger partial charge is 0.325 e. The molecule has 1 N–H and O–H groups in total. The van der Waals surface area contributed by atoms with Crippen molar-refractivity contribution < 1.29 is 17.6 Å². The van der Waals surface area contributed by atoms with E-state index < -0.39 is 10.0 Å². The van der Waals surface area contributed by atoms with Crippen molar-refractivity contribution in [1.29, 1.82) is 0 Å². The van der Waals surface area contributed by atoms with Crippen LogP contribution in [0.3, 0.4) is 0 Å². The predicted molar refractivity (Wildman–Crippen MR) is 99.2 cm³/mol. The molecule has 26 heavy (non-hydrogen) atoms. The molecule has 0 radical (unpaired) electrons. The Balaban J connectivity index is 1.55. The Kier molecular flexibility index (Phi) is 6.02. The minimum Gasteiger partial charge on any atom is -0.325 e. The lowest BCUT2D eigenvalue weighted by Crippen LogP contribution is -2.37.